The minimum atomic E-state index is -0.550. The summed E-state index contributed by atoms with van der Waals surface area (Å²) in [6.07, 6.45) is 0.498. The summed E-state index contributed by atoms with van der Waals surface area (Å²) < 4.78 is 11.1. The summed E-state index contributed by atoms with van der Waals surface area (Å²) in [7, 11) is 0. The van der Waals surface area contributed by atoms with Crippen LogP contribution in [0.3, 0.4) is 0 Å². The van der Waals surface area contributed by atoms with E-state index >= 15 is 0 Å². The van der Waals surface area contributed by atoms with Gasteiger partial charge in [0.25, 0.3) is 5.91 Å². The van der Waals surface area contributed by atoms with Crippen LogP contribution in [0, 0.1) is 5.92 Å². The molecule has 2 rings (SSSR count). The SMILES string of the molecule is CC(C)CC(CNC(=O)C(C)Oc1ccc(Cl)cc1)N1CCOCC1. The summed E-state index contributed by atoms with van der Waals surface area (Å²) in [4.78, 5) is 14.8. The second-order valence-electron chi connectivity index (χ2n) is 6.89. The number of nitrogens with one attached hydrogen (secondary N) is 1. The van der Waals surface area contributed by atoms with Gasteiger partial charge in [-0.3, -0.25) is 9.69 Å². The van der Waals surface area contributed by atoms with E-state index in [9.17, 15) is 4.79 Å². The molecule has 1 aliphatic rings. The molecule has 0 aliphatic carbocycles. The molecule has 140 valence electrons. The number of amides is 1. The van der Waals surface area contributed by atoms with E-state index < -0.39 is 6.10 Å². The van der Waals surface area contributed by atoms with E-state index in [0.29, 0.717) is 29.3 Å². The number of hydrogen-bond acceptors (Lipinski definition) is 4. The molecule has 25 heavy (non-hydrogen) atoms. The molecule has 1 aliphatic heterocycles. The fraction of sp³-hybridized carbons (Fsp3) is 0.632. The monoisotopic (exact) mass is 368 g/mol. The van der Waals surface area contributed by atoms with Crippen molar-refractivity contribution in [3.63, 3.8) is 0 Å². The predicted molar refractivity (Wildman–Crippen MR) is 100 cm³/mol. The zero-order valence-corrected chi connectivity index (χ0v) is 16.1. The Bertz CT molecular complexity index is 530. The molecule has 0 spiro atoms. The number of morpholine rings is 1. The fourth-order valence-electron chi connectivity index (χ4n) is 2.98. The largest absolute Gasteiger partial charge is 0.481 e. The van der Waals surface area contributed by atoms with Gasteiger partial charge in [-0.1, -0.05) is 25.4 Å². The Hall–Kier alpha value is -1.30. The molecule has 2 unspecified atom stereocenters. The lowest BCUT2D eigenvalue weighted by molar-refractivity contribution is -0.127. The molecule has 1 aromatic rings. The lowest BCUT2D eigenvalue weighted by atomic mass is 10.0. The van der Waals surface area contributed by atoms with Crippen LogP contribution in [0.2, 0.25) is 5.02 Å². The highest BCUT2D eigenvalue weighted by atomic mass is 35.5. The molecule has 0 radical (unpaired) electrons. The summed E-state index contributed by atoms with van der Waals surface area (Å²) in [6, 6.07) is 7.36. The minimum Gasteiger partial charge on any atom is -0.481 e. The Labute approximate surface area is 155 Å². The number of benzene rings is 1. The van der Waals surface area contributed by atoms with Crippen molar-refractivity contribution in [3.8, 4) is 5.75 Å². The zero-order valence-electron chi connectivity index (χ0n) is 15.3. The first-order valence-electron chi connectivity index (χ1n) is 8.97. The molecule has 1 aromatic carbocycles. The van der Waals surface area contributed by atoms with Gasteiger partial charge in [0.1, 0.15) is 5.75 Å². The van der Waals surface area contributed by atoms with Crippen molar-refractivity contribution < 1.29 is 14.3 Å². The second kappa shape index (κ2) is 10.00. The van der Waals surface area contributed by atoms with E-state index in [1.165, 1.54) is 0 Å². The standard InChI is InChI=1S/C19H29ClN2O3/c1-14(2)12-17(22-8-10-24-11-9-22)13-21-19(23)15(3)25-18-6-4-16(20)5-7-18/h4-7,14-15,17H,8-13H2,1-3H3,(H,21,23). The summed E-state index contributed by atoms with van der Waals surface area (Å²) in [5, 5.41) is 3.69. The predicted octanol–water partition coefficient (Wildman–Crippen LogP) is 2.97. The average molecular weight is 369 g/mol. The van der Waals surface area contributed by atoms with Crippen molar-refractivity contribution in [1.82, 2.24) is 10.2 Å². The maximum Gasteiger partial charge on any atom is 0.260 e. The first kappa shape index (κ1) is 20.0. The number of hydrogen-bond donors (Lipinski definition) is 1. The van der Waals surface area contributed by atoms with Gasteiger partial charge in [-0.15, -0.1) is 0 Å². The highest BCUT2D eigenvalue weighted by Gasteiger charge is 2.23. The van der Waals surface area contributed by atoms with Crippen LogP contribution >= 0.6 is 11.6 Å². The third-order valence-corrected chi connectivity index (χ3v) is 4.57. The van der Waals surface area contributed by atoms with Crippen molar-refractivity contribution in [2.24, 2.45) is 5.92 Å². The van der Waals surface area contributed by atoms with Crippen LogP contribution in [-0.2, 0) is 9.53 Å². The lowest BCUT2D eigenvalue weighted by Gasteiger charge is -2.35. The quantitative estimate of drug-likeness (QED) is 0.766. The van der Waals surface area contributed by atoms with Crippen LogP contribution < -0.4 is 10.1 Å². The molecule has 1 saturated heterocycles. The van der Waals surface area contributed by atoms with E-state index in [-0.39, 0.29) is 5.91 Å². The van der Waals surface area contributed by atoms with Crippen LogP contribution in [0.1, 0.15) is 27.2 Å². The van der Waals surface area contributed by atoms with Crippen LogP contribution in [0.4, 0.5) is 0 Å². The molecular weight excluding hydrogens is 340 g/mol. The van der Waals surface area contributed by atoms with Gasteiger partial charge in [0.05, 0.1) is 13.2 Å². The van der Waals surface area contributed by atoms with E-state index in [2.05, 4.69) is 24.1 Å². The molecule has 0 aromatic heterocycles. The van der Waals surface area contributed by atoms with Gasteiger partial charge in [-0.05, 0) is 43.5 Å². The molecule has 1 fully saturated rings. The van der Waals surface area contributed by atoms with E-state index in [0.717, 1.165) is 32.7 Å². The Balaban J connectivity index is 1.84. The first-order valence-corrected chi connectivity index (χ1v) is 9.35. The van der Waals surface area contributed by atoms with E-state index in [4.69, 9.17) is 21.1 Å². The topological polar surface area (TPSA) is 50.8 Å². The van der Waals surface area contributed by atoms with E-state index in [1.54, 1.807) is 31.2 Å². The molecule has 0 bridgehead atoms. The molecule has 6 heteroatoms. The van der Waals surface area contributed by atoms with E-state index in [1.807, 2.05) is 0 Å². The van der Waals surface area contributed by atoms with Gasteiger partial charge in [0.15, 0.2) is 6.10 Å². The molecule has 5 nitrogen and oxygen atoms in total. The van der Waals surface area contributed by atoms with Crippen LogP contribution in [0.25, 0.3) is 0 Å². The zero-order chi connectivity index (χ0) is 18.2. The number of halogens is 1. The van der Waals surface area contributed by atoms with Gasteiger partial charge in [0.2, 0.25) is 0 Å². The smallest absolute Gasteiger partial charge is 0.260 e. The number of carbonyl (C=O) groups is 1. The van der Waals surface area contributed by atoms with Crippen molar-refractivity contribution in [2.45, 2.75) is 39.3 Å². The summed E-state index contributed by atoms with van der Waals surface area (Å²) in [5.41, 5.74) is 0. The summed E-state index contributed by atoms with van der Waals surface area (Å²) in [5.74, 6) is 1.11. The van der Waals surface area contributed by atoms with Crippen molar-refractivity contribution in [3.05, 3.63) is 29.3 Å². The number of ether oxygens (including phenoxy) is 2. The molecule has 0 saturated carbocycles. The van der Waals surface area contributed by atoms with Crippen LogP contribution in [-0.4, -0.2) is 55.8 Å². The van der Waals surface area contributed by atoms with Gasteiger partial charge < -0.3 is 14.8 Å². The highest BCUT2D eigenvalue weighted by Crippen LogP contribution is 2.17. The Morgan fingerprint density at radius 2 is 1.88 bits per heavy atom. The number of rotatable bonds is 8. The summed E-state index contributed by atoms with van der Waals surface area (Å²) in [6.45, 7) is 10.2. The number of nitrogens with zero attached hydrogens (tertiary/aromatic N) is 1. The van der Waals surface area contributed by atoms with Gasteiger partial charge in [-0.2, -0.15) is 0 Å². The molecule has 1 N–H and O–H groups in total. The maximum absolute atomic E-state index is 12.4. The summed E-state index contributed by atoms with van der Waals surface area (Å²) >= 11 is 5.86. The van der Waals surface area contributed by atoms with Crippen molar-refractivity contribution in [1.29, 1.82) is 0 Å². The third kappa shape index (κ3) is 6.84. The van der Waals surface area contributed by atoms with Gasteiger partial charge >= 0.3 is 0 Å². The average Bonchev–Trinajstić information content (AvgIpc) is 2.60. The Kier molecular flexibility index (Phi) is 8.00. The second-order valence-corrected chi connectivity index (χ2v) is 7.33. The van der Waals surface area contributed by atoms with Crippen molar-refractivity contribution in [2.75, 3.05) is 32.8 Å². The van der Waals surface area contributed by atoms with Gasteiger partial charge in [-0.25, -0.2) is 0 Å². The Morgan fingerprint density at radius 1 is 1.24 bits per heavy atom. The molecule has 2 atom stereocenters. The van der Waals surface area contributed by atoms with Crippen LogP contribution in [0.5, 0.6) is 5.75 Å². The molecular formula is C19H29ClN2O3. The number of carbonyl (C=O) groups excluding carboxylic acids is 1. The maximum atomic E-state index is 12.4. The molecule has 1 amide bonds. The Morgan fingerprint density at radius 3 is 2.48 bits per heavy atom. The highest BCUT2D eigenvalue weighted by molar-refractivity contribution is 6.30. The first-order chi connectivity index (χ1) is 12.0. The van der Waals surface area contributed by atoms with Crippen LogP contribution in [0.15, 0.2) is 24.3 Å². The minimum absolute atomic E-state index is 0.100. The van der Waals surface area contributed by atoms with Crippen molar-refractivity contribution >= 4 is 17.5 Å². The lowest BCUT2D eigenvalue weighted by Crippen LogP contribution is -2.50. The molecule has 1 heterocycles. The van der Waals surface area contributed by atoms with Gasteiger partial charge in [0, 0.05) is 30.7 Å². The fourth-order valence-corrected chi connectivity index (χ4v) is 3.11. The third-order valence-electron chi connectivity index (χ3n) is 4.31. The normalized spacial score (nSPS) is 18.0.